The Balaban J connectivity index is 1.98. The van der Waals surface area contributed by atoms with E-state index >= 15 is 0 Å². The number of benzene rings is 1. The van der Waals surface area contributed by atoms with E-state index in [9.17, 15) is 5.11 Å². The number of rotatable bonds is 7. The minimum atomic E-state index is 0.0211. The quantitative estimate of drug-likeness (QED) is 0.273. The topological polar surface area (TPSA) is 98.8 Å². The predicted molar refractivity (Wildman–Crippen MR) is 91.0 cm³/mol. The van der Waals surface area contributed by atoms with Crippen molar-refractivity contribution >= 4 is 23.1 Å². The third-order valence-electron chi connectivity index (χ3n) is 3.39. The van der Waals surface area contributed by atoms with Crippen LogP contribution in [0.4, 0.5) is 0 Å². The Hall–Kier alpha value is -2.34. The molecule has 1 aromatic carbocycles. The molecular formula is C16H23N5O. The molecule has 22 heavy (non-hydrogen) atoms. The third-order valence-corrected chi connectivity index (χ3v) is 3.39. The zero-order chi connectivity index (χ0) is 15.8. The lowest BCUT2D eigenvalue weighted by Crippen LogP contribution is -2.27. The molecule has 0 saturated heterocycles. The molecule has 1 heterocycles. The average molecular weight is 301 g/mol. The molecule has 118 valence electrons. The number of aliphatic imine (C=N–C) groups is 1. The van der Waals surface area contributed by atoms with Gasteiger partial charge >= 0.3 is 0 Å². The van der Waals surface area contributed by atoms with Gasteiger partial charge in [-0.15, -0.1) is 0 Å². The minimum absolute atomic E-state index is 0.0211. The number of aliphatic hydroxyl groups is 1. The first-order valence-corrected chi connectivity index (χ1v) is 7.54. The Labute approximate surface area is 130 Å². The number of nitrogens with two attached hydrogens (primary N) is 1. The predicted octanol–water partition coefficient (Wildman–Crippen LogP) is 2.09. The second-order valence-corrected chi connectivity index (χ2v) is 5.13. The smallest absolute Gasteiger partial charge is 0.209 e. The number of nitrogens with zero attached hydrogens (tertiary/aromatic N) is 2. The van der Waals surface area contributed by atoms with Crippen molar-refractivity contribution in [1.29, 1.82) is 0 Å². The first-order chi connectivity index (χ1) is 10.7. The monoisotopic (exact) mass is 301 g/mol. The van der Waals surface area contributed by atoms with Gasteiger partial charge in [0, 0.05) is 29.2 Å². The molecule has 0 spiro atoms. The van der Waals surface area contributed by atoms with Crippen LogP contribution in [0.15, 0.2) is 34.5 Å². The molecule has 0 unspecified atom stereocenters. The molecule has 5 N–H and O–H groups in total. The highest BCUT2D eigenvalue weighted by molar-refractivity contribution is 5.99. The van der Waals surface area contributed by atoms with E-state index in [4.69, 9.17) is 5.73 Å². The normalized spacial score (nSPS) is 12.4. The van der Waals surface area contributed by atoms with Crippen LogP contribution in [0.5, 0.6) is 0 Å². The van der Waals surface area contributed by atoms with E-state index in [2.05, 4.69) is 27.4 Å². The number of guanidine groups is 1. The maximum atomic E-state index is 9.21. The SMILES string of the molecule is CCCCCN=C(N)N/N=C\c1c[nH]c2ccc(CO)cc12. The van der Waals surface area contributed by atoms with E-state index in [1.54, 1.807) is 6.21 Å². The Bertz CT molecular complexity index is 660. The summed E-state index contributed by atoms with van der Waals surface area (Å²) in [5.74, 6) is 0.322. The molecule has 0 fully saturated rings. The highest BCUT2D eigenvalue weighted by Gasteiger charge is 2.02. The number of fused-ring (bicyclic) bond motifs is 1. The molecule has 0 aliphatic carbocycles. The number of aromatic nitrogens is 1. The van der Waals surface area contributed by atoms with Crippen LogP contribution in [-0.4, -0.2) is 28.8 Å². The fraction of sp³-hybridized carbons (Fsp3) is 0.375. The molecular weight excluding hydrogens is 278 g/mol. The first-order valence-electron chi connectivity index (χ1n) is 7.54. The average Bonchev–Trinajstić information content (AvgIpc) is 2.94. The van der Waals surface area contributed by atoms with Crippen LogP contribution in [0, 0.1) is 0 Å². The summed E-state index contributed by atoms with van der Waals surface area (Å²) in [5.41, 5.74) is 11.3. The molecule has 0 bridgehead atoms. The van der Waals surface area contributed by atoms with Crippen LogP contribution in [0.1, 0.15) is 37.3 Å². The van der Waals surface area contributed by atoms with Gasteiger partial charge in [0.1, 0.15) is 0 Å². The molecule has 0 aliphatic rings. The highest BCUT2D eigenvalue weighted by Crippen LogP contribution is 2.18. The van der Waals surface area contributed by atoms with Gasteiger partial charge in [-0.05, 0) is 24.1 Å². The van der Waals surface area contributed by atoms with Gasteiger partial charge in [0.25, 0.3) is 0 Å². The first kappa shape index (κ1) is 16.0. The maximum Gasteiger partial charge on any atom is 0.209 e. The summed E-state index contributed by atoms with van der Waals surface area (Å²) in [5, 5.41) is 14.3. The number of aliphatic hydroxyl groups excluding tert-OH is 1. The largest absolute Gasteiger partial charge is 0.392 e. The highest BCUT2D eigenvalue weighted by atomic mass is 16.3. The lowest BCUT2D eigenvalue weighted by Gasteiger charge is -1.99. The van der Waals surface area contributed by atoms with Gasteiger partial charge < -0.3 is 15.8 Å². The van der Waals surface area contributed by atoms with E-state index < -0.39 is 0 Å². The zero-order valence-corrected chi connectivity index (χ0v) is 12.8. The van der Waals surface area contributed by atoms with Crippen LogP contribution >= 0.6 is 0 Å². The second-order valence-electron chi connectivity index (χ2n) is 5.13. The molecule has 6 nitrogen and oxygen atoms in total. The minimum Gasteiger partial charge on any atom is -0.392 e. The number of unbranched alkanes of at least 4 members (excludes halogenated alkanes) is 2. The molecule has 0 radical (unpaired) electrons. The van der Waals surface area contributed by atoms with Gasteiger partial charge in [0.2, 0.25) is 5.96 Å². The molecule has 1 aromatic heterocycles. The Morgan fingerprint density at radius 2 is 2.27 bits per heavy atom. The molecule has 0 aliphatic heterocycles. The molecule has 2 aromatic rings. The van der Waals surface area contributed by atoms with Gasteiger partial charge in [-0.2, -0.15) is 5.10 Å². The number of hydrogen-bond donors (Lipinski definition) is 4. The van der Waals surface area contributed by atoms with Crippen molar-refractivity contribution in [2.24, 2.45) is 15.8 Å². The van der Waals surface area contributed by atoms with Gasteiger partial charge in [0.05, 0.1) is 12.8 Å². The summed E-state index contributed by atoms with van der Waals surface area (Å²) in [6.45, 7) is 2.89. The van der Waals surface area contributed by atoms with Crippen molar-refractivity contribution in [2.45, 2.75) is 32.8 Å². The van der Waals surface area contributed by atoms with Crippen molar-refractivity contribution in [3.05, 3.63) is 35.5 Å². The Morgan fingerprint density at radius 1 is 1.41 bits per heavy atom. The Morgan fingerprint density at radius 3 is 3.05 bits per heavy atom. The van der Waals surface area contributed by atoms with Gasteiger partial charge in [0.15, 0.2) is 0 Å². The van der Waals surface area contributed by atoms with Crippen LogP contribution in [0.3, 0.4) is 0 Å². The van der Waals surface area contributed by atoms with Gasteiger partial charge in [-0.1, -0.05) is 25.8 Å². The van der Waals surface area contributed by atoms with E-state index in [0.717, 1.165) is 47.8 Å². The summed E-state index contributed by atoms with van der Waals surface area (Å²) in [4.78, 5) is 7.36. The summed E-state index contributed by atoms with van der Waals surface area (Å²) >= 11 is 0. The van der Waals surface area contributed by atoms with Crippen molar-refractivity contribution in [2.75, 3.05) is 6.54 Å². The van der Waals surface area contributed by atoms with Crippen LogP contribution in [0.2, 0.25) is 0 Å². The molecule has 0 saturated carbocycles. The summed E-state index contributed by atoms with van der Waals surface area (Å²) in [6, 6.07) is 5.77. The van der Waals surface area contributed by atoms with E-state index in [1.807, 2.05) is 24.4 Å². The van der Waals surface area contributed by atoms with Gasteiger partial charge in [-0.25, -0.2) is 5.43 Å². The van der Waals surface area contributed by atoms with E-state index in [0.29, 0.717) is 5.96 Å². The van der Waals surface area contributed by atoms with Crippen LogP contribution in [0.25, 0.3) is 10.9 Å². The summed E-state index contributed by atoms with van der Waals surface area (Å²) in [6.07, 6.45) is 6.91. The van der Waals surface area contributed by atoms with Crippen molar-refractivity contribution < 1.29 is 5.11 Å². The lowest BCUT2D eigenvalue weighted by molar-refractivity contribution is 0.282. The second kappa shape index (κ2) is 8.19. The third kappa shape index (κ3) is 4.33. The number of H-pyrrole nitrogens is 1. The number of hydrogen-bond acceptors (Lipinski definition) is 3. The Kier molecular flexibility index (Phi) is 5.97. The van der Waals surface area contributed by atoms with Crippen LogP contribution < -0.4 is 11.2 Å². The fourth-order valence-corrected chi connectivity index (χ4v) is 2.16. The number of nitrogens with one attached hydrogen (secondary N) is 2. The standard InChI is InChI=1S/C16H23N5O/c1-2-3-4-7-18-16(17)21-20-10-13-9-19-15-6-5-12(11-22)8-14(13)15/h5-6,8-10,19,22H,2-4,7,11H2,1H3,(H3,17,18,21)/b20-10-. The maximum absolute atomic E-state index is 9.21. The van der Waals surface area contributed by atoms with Crippen molar-refractivity contribution in [3.63, 3.8) is 0 Å². The van der Waals surface area contributed by atoms with E-state index in [-0.39, 0.29) is 6.61 Å². The summed E-state index contributed by atoms with van der Waals surface area (Å²) < 4.78 is 0. The van der Waals surface area contributed by atoms with Crippen LogP contribution in [-0.2, 0) is 6.61 Å². The van der Waals surface area contributed by atoms with Crippen molar-refractivity contribution in [3.8, 4) is 0 Å². The summed E-state index contributed by atoms with van der Waals surface area (Å²) in [7, 11) is 0. The molecule has 0 atom stereocenters. The van der Waals surface area contributed by atoms with Crippen molar-refractivity contribution in [1.82, 2.24) is 10.4 Å². The number of hydrazone groups is 1. The molecule has 6 heteroatoms. The zero-order valence-electron chi connectivity index (χ0n) is 12.8. The van der Waals surface area contributed by atoms with Gasteiger partial charge in [-0.3, -0.25) is 4.99 Å². The molecule has 2 rings (SSSR count). The molecule has 0 amide bonds. The fourth-order valence-electron chi connectivity index (χ4n) is 2.16. The van der Waals surface area contributed by atoms with E-state index in [1.165, 1.54) is 0 Å². The number of aromatic amines is 1. The lowest BCUT2D eigenvalue weighted by atomic mass is 10.1.